The standard InChI is InChI=1S/C27H28N4O7/c1-4-6-7-11-28-24-16-13-30-21(23(16)29-19-9-8-10-20(22(19)24)31(35)36)12-18-17(25(30)33)14-37-26(34)27(18,5-2)38-15(3)32/h8-10,12H,4-7,11,13-14H2,1-3H3,(H,28,29)/t27-/m0/s1. The molecule has 4 heterocycles. The van der Waals surface area contributed by atoms with Crippen LogP contribution in [0.3, 0.4) is 0 Å². The third-order valence-electron chi connectivity index (χ3n) is 7.26. The molecular formula is C27H28N4O7. The zero-order chi connectivity index (χ0) is 27.2. The number of carbonyl (C=O) groups excluding carboxylic acids is 2. The summed E-state index contributed by atoms with van der Waals surface area (Å²) in [6.45, 7) is 5.47. The van der Waals surface area contributed by atoms with Crippen LogP contribution in [0.1, 0.15) is 63.1 Å². The molecule has 0 aliphatic carbocycles. The van der Waals surface area contributed by atoms with Gasteiger partial charge in [0.1, 0.15) is 12.0 Å². The topological polar surface area (TPSA) is 143 Å². The maximum absolute atomic E-state index is 13.7. The van der Waals surface area contributed by atoms with Gasteiger partial charge in [-0.2, -0.15) is 0 Å². The Kier molecular flexibility index (Phi) is 6.38. The quantitative estimate of drug-likeness (QED) is 0.157. The number of nitrogens with one attached hydrogen (secondary N) is 1. The Bertz CT molecular complexity index is 1560. The van der Waals surface area contributed by atoms with E-state index >= 15 is 0 Å². The smallest absolute Gasteiger partial charge is 0.355 e. The van der Waals surface area contributed by atoms with Gasteiger partial charge >= 0.3 is 11.9 Å². The lowest BCUT2D eigenvalue weighted by atomic mass is 9.85. The summed E-state index contributed by atoms with van der Waals surface area (Å²) < 4.78 is 12.3. The fourth-order valence-electron chi connectivity index (χ4n) is 5.45. The number of nitro groups is 1. The van der Waals surface area contributed by atoms with Crippen molar-refractivity contribution in [3.8, 4) is 11.4 Å². The lowest BCUT2D eigenvalue weighted by molar-refractivity contribution is -0.383. The Labute approximate surface area is 217 Å². The number of cyclic esters (lactones) is 1. The molecule has 0 bridgehead atoms. The molecule has 0 saturated carbocycles. The van der Waals surface area contributed by atoms with E-state index in [-0.39, 0.29) is 41.9 Å². The van der Waals surface area contributed by atoms with Crippen molar-refractivity contribution in [1.82, 2.24) is 9.55 Å². The molecule has 1 N–H and O–H groups in total. The first-order valence-electron chi connectivity index (χ1n) is 12.7. The number of anilines is 1. The van der Waals surface area contributed by atoms with Gasteiger partial charge in [0.2, 0.25) is 5.60 Å². The number of unbranched alkanes of at least 4 members (excludes halogenated alkanes) is 2. The fraction of sp³-hybridized carbons (Fsp3) is 0.407. The molecule has 1 aromatic carbocycles. The van der Waals surface area contributed by atoms with Crippen molar-refractivity contribution in [2.75, 3.05) is 11.9 Å². The average Bonchev–Trinajstić information content (AvgIpc) is 3.26. The van der Waals surface area contributed by atoms with E-state index in [9.17, 15) is 24.5 Å². The van der Waals surface area contributed by atoms with E-state index in [0.717, 1.165) is 19.3 Å². The third-order valence-corrected chi connectivity index (χ3v) is 7.26. The summed E-state index contributed by atoms with van der Waals surface area (Å²) in [5.74, 6) is -1.40. The van der Waals surface area contributed by atoms with Gasteiger partial charge in [0.25, 0.3) is 11.2 Å². The first-order valence-corrected chi connectivity index (χ1v) is 12.7. The highest BCUT2D eigenvalue weighted by Gasteiger charge is 2.50. The second kappa shape index (κ2) is 9.55. The average molecular weight is 521 g/mol. The minimum absolute atomic E-state index is 0.0720. The van der Waals surface area contributed by atoms with Gasteiger partial charge in [0.05, 0.1) is 39.6 Å². The van der Waals surface area contributed by atoms with Gasteiger partial charge in [-0.25, -0.2) is 9.78 Å². The Morgan fingerprint density at radius 2 is 2.05 bits per heavy atom. The summed E-state index contributed by atoms with van der Waals surface area (Å²) in [5.41, 5.74) is 0.903. The Balaban J connectivity index is 1.77. The maximum atomic E-state index is 13.7. The molecule has 3 aromatic rings. The highest BCUT2D eigenvalue weighted by Crippen LogP contribution is 2.44. The summed E-state index contributed by atoms with van der Waals surface area (Å²) in [7, 11) is 0. The second-order valence-electron chi connectivity index (χ2n) is 9.54. The van der Waals surface area contributed by atoms with Crippen LogP contribution in [-0.2, 0) is 37.8 Å². The molecule has 0 unspecified atom stereocenters. The summed E-state index contributed by atoms with van der Waals surface area (Å²) in [4.78, 5) is 54.9. The van der Waals surface area contributed by atoms with Gasteiger partial charge < -0.3 is 19.4 Å². The fourth-order valence-corrected chi connectivity index (χ4v) is 5.45. The number of nitro benzene ring substituents is 1. The predicted molar refractivity (Wildman–Crippen MR) is 139 cm³/mol. The van der Waals surface area contributed by atoms with Crippen molar-refractivity contribution < 1.29 is 24.0 Å². The zero-order valence-electron chi connectivity index (χ0n) is 21.5. The molecule has 0 amide bonds. The lowest BCUT2D eigenvalue weighted by Gasteiger charge is -2.35. The monoisotopic (exact) mass is 520 g/mol. The number of hydrogen-bond acceptors (Lipinski definition) is 9. The molecule has 0 saturated heterocycles. The van der Waals surface area contributed by atoms with Gasteiger partial charge in [0.15, 0.2) is 0 Å². The summed E-state index contributed by atoms with van der Waals surface area (Å²) >= 11 is 0. The van der Waals surface area contributed by atoms with Crippen molar-refractivity contribution in [3.05, 3.63) is 61.4 Å². The van der Waals surface area contributed by atoms with Gasteiger partial charge in [-0.05, 0) is 25.0 Å². The van der Waals surface area contributed by atoms with Crippen LogP contribution in [0.15, 0.2) is 29.1 Å². The Morgan fingerprint density at radius 1 is 1.26 bits per heavy atom. The molecule has 0 spiro atoms. The van der Waals surface area contributed by atoms with E-state index in [2.05, 4.69) is 12.2 Å². The van der Waals surface area contributed by atoms with E-state index in [0.29, 0.717) is 40.1 Å². The molecule has 2 aromatic heterocycles. The van der Waals surface area contributed by atoms with E-state index in [1.807, 2.05) is 0 Å². The van der Waals surface area contributed by atoms with Crippen LogP contribution in [0.5, 0.6) is 0 Å². The number of pyridine rings is 2. The van der Waals surface area contributed by atoms with Gasteiger partial charge in [-0.1, -0.05) is 32.8 Å². The number of hydrogen-bond donors (Lipinski definition) is 1. The highest BCUT2D eigenvalue weighted by molar-refractivity contribution is 6.03. The van der Waals surface area contributed by atoms with Crippen LogP contribution in [-0.4, -0.2) is 33.0 Å². The second-order valence-corrected chi connectivity index (χ2v) is 9.54. The number of nitrogens with zero attached hydrogens (tertiary/aromatic N) is 3. The molecular weight excluding hydrogens is 492 g/mol. The molecule has 198 valence electrons. The maximum Gasteiger partial charge on any atom is 0.355 e. The number of ether oxygens (including phenoxy) is 2. The number of aromatic nitrogens is 2. The van der Waals surface area contributed by atoms with Crippen molar-refractivity contribution in [3.63, 3.8) is 0 Å². The van der Waals surface area contributed by atoms with Crippen molar-refractivity contribution in [1.29, 1.82) is 0 Å². The minimum atomic E-state index is -1.74. The van der Waals surface area contributed by atoms with E-state index in [4.69, 9.17) is 14.5 Å². The van der Waals surface area contributed by atoms with Crippen LogP contribution in [0.2, 0.25) is 0 Å². The Morgan fingerprint density at radius 3 is 2.74 bits per heavy atom. The summed E-state index contributed by atoms with van der Waals surface area (Å²) in [6.07, 6.45) is 2.97. The number of rotatable bonds is 8. The normalized spacial score (nSPS) is 17.4. The van der Waals surface area contributed by atoms with Gasteiger partial charge in [-0.15, -0.1) is 0 Å². The van der Waals surface area contributed by atoms with Crippen molar-refractivity contribution in [2.24, 2.45) is 0 Å². The van der Waals surface area contributed by atoms with Crippen molar-refractivity contribution in [2.45, 2.75) is 65.2 Å². The molecule has 0 radical (unpaired) electrons. The first-order chi connectivity index (χ1) is 18.2. The lowest BCUT2D eigenvalue weighted by Crippen LogP contribution is -2.47. The van der Waals surface area contributed by atoms with Gasteiger partial charge in [0, 0.05) is 30.7 Å². The SMILES string of the molecule is CCCCCNc1c2c(nc3cccc([N+](=O)[O-])c13)-c1cc3c(c(=O)n1C2)COC(=O)[C@@]3(CC)OC(C)=O. The first kappa shape index (κ1) is 25.4. The molecule has 2 aliphatic heterocycles. The predicted octanol–water partition coefficient (Wildman–Crippen LogP) is 4.16. The van der Waals surface area contributed by atoms with Crippen LogP contribution < -0.4 is 10.9 Å². The largest absolute Gasteiger partial charge is 0.457 e. The number of fused-ring (bicyclic) bond motifs is 5. The molecule has 11 nitrogen and oxygen atoms in total. The molecule has 38 heavy (non-hydrogen) atoms. The van der Waals surface area contributed by atoms with E-state index in [1.165, 1.54) is 17.6 Å². The molecule has 1 atom stereocenters. The van der Waals surface area contributed by atoms with Crippen molar-refractivity contribution >= 4 is 34.2 Å². The highest BCUT2D eigenvalue weighted by atomic mass is 16.6. The Hall–Kier alpha value is -4.28. The minimum Gasteiger partial charge on any atom is -0.457 e. The number of carbonyl (C=O) groups is 2. The number of esters is 2. The van der Waals surface area contributed by atoms with Crippen LogP contribution in [0, 0.1) is 10.1 Å². The zero-order valence-corrected chi connectivity index (χ0v) is 21.5. The van der Waals surface area contributed by atoms with Crippen LogP contribution in [0.4, 0.5) is 11.4 Å². The summed E-state index contributed by atoms with van der Waals surface area (Å²) in [5, 5.41) is 15.7. The van der Waals surface area contributed by atoms with E-state index < -0.39 is 22.5 Å². The van der Waals surface area contributed by atoms with Crippen LogP contribution >= 0.6 is 0 Å². The van der Waals surface area contributed by atoms with E-state index in [1.54, 1.807) is 25.1 Å². The van der Waals surface area contributed by atoms with Gasteiger partial charge in [-0.3, -0.25) is 19.7 Å². The molecule has 2 aliphatic rings. The molecule has 5 rings (SSSR count). The molecule has 0 fully saturated rings. The van der Waals surface area contributed by atoms with Crippen LogP contribution in [0.25, 0.3) is 22.3 Å². The number of non-ortho nitro benzene ring substituents is 1. The molecule has 11 heteroatoms. The summed E-state index contributed by atoms with van der Waals surface area (Å²) in [6, 6.07) is 6.39. The third kappa shape index (κ3) is 3.80. The number of benzene rings is 1.